The van der Waals surface area contributed by atoms with Gasteiger partial charge in [-0.3, -0.25) is 0 Å². The third-order valence-corrected chi connectivity index (χ3v) is 4.04. The Bertz CT molecular complexity index is 309. The summed E-state index contributed by atoms with van der Waals surface area (Å²) < 4.78 is 0. The van der Waals surface area contributed by atoms with Gasteiger partial charge in [-0.1, -0.05) is 30.7 Å². The summed E-state index contributed by atoms with van der Waals surface area (Å²) in [6.45, 7) is 6.58. The van der Waals surface area contributed by atoms with Gasteiger partial charge in [-0.05, 0) is 31.4 Å². The molecule has 0 spiro atoms. The van der Waals surface area contributed by atoms with Crippen molar-refractivity contribution in [3.8, 4) is 0 Å². The van der Waals surface area contributed by atoms with Crippen LogP contribution in [0.2, 0.25) is 0 Å². The van der Waals surface area contributed by atoms with Gasteiger partial charge in [0.2, 0.25) is 0 Å². The second-order valence-electron chi connectivity index (χ2n) is 4.03. The fraction of sp³-hybridized carbons (Fsp3) is 0.538. The molecule has 1 atom stereocenters. The number of benzene rings is 1. The van der Waals surface area contributed by atoms with Gasteiger partial charge in [0.1, 0.15) is 0 Å². The highest BCUT2D eigenvalue weighted by atomic mass is 35.5. The molecule has 1 unspecified atom stereocenters. The predicted molar refractivity (Wildman–Crippen MR) is 72.0 cm³/mol. The first-order valence-corrected chi connectivity index (χ1v) is 6.95. The summed E-state index contributed by atoms with van der Waals surface area (Å²) in [6.07, 6.45) is 1.09. The Labute approximate surface area is 102 Å². The van der Waals surface area contributed by atoms with Crippen LogP contribution in [0.25, 0.3) is 0 Å². The lowest BCUT2D eigenvalue weighted by Gasteiger charge is -2.11. The molecule has 0 bridgehead atoms. The molecule has 1 aromatic carbocycles. The quantitative estimate of drug-likeness (QED) is 0.683. The van der Waals surface area contributed by atoms with Gasteiger partial charge in [0, 0.05) is 16.9 Å². The number of rotatable bonds is 5. The zero-order valence-electron chi connectivity index (χ0n) is 9.72. The van der Waals surface area contributed by atoms with Crippen molar-refractivity contribution in [1.29, 1.82) is 0 Å². The summed E-state index contributed by atoms with van der Waals surface area (Å²) in [5, 5.41) is 0.655. The third-order valence-electron chi connectivity index (χ3n) is 2.54. The molecule has 84 valence electrons. The molecule has 0 radical (unpaired) electrons. The van der Waals surface area contributed by atoms with Gasteiger partial charge in [0.05, 0.1) is 0 Å². The maximum absolute atomic E-state index is 5.72. The Kier molecular flexibility index (Phi) is 5.55. The van der Waals surface area contributed by atoms with Crippen LogP contribution in [0.1, 0.15) is 30.0 Å². The molecule has 0 N–H and O–H groups in total. The van der Waals surface area contributed by atoms with Crippen LogP contribution in [0.5, 0.6) is 0 Å². The first-order chi connectivity index (χ1) is 7.13. The van der Waals surface area contributed by atoms with Gasteiger partial charge >= 0.3 is 0 Å². The van der Waals surface area contributed by atoms with Crippen molar-refractivity contribution >= 4 is 23.4 Å². The van der Waals surface area contributed by atoms with E-state index in [1.807, 2.05) is 11.8 Å². The minimum Gasteiger partial charge on any atom is -0.154 e. The summed E-state index contributed by atoms with van der Waals surface area (Å²) in [4.78, 5) is 0. The van der Waals surface area contributed by atoms with Crippen LogP contribution in [0.4, 0.5) is 0 Å². The molecule has 2 heteroatoms. The molecule has 0 aliphatic carbocycles. The van der Waals surface area contributed by atoms with E-state index in [1.54, 1.807) is 0 Å². The topological polar surface area (TPSA) is 0 Å². The highest BCUT2D eigenvalue weighted by molar-refractivity contribution is 7.99. The van der Waals surface area contributed by atoms with Gasteiger partial charge < -0.3 is 0 Å². The van der Waals surface area contributed by atoms with Crippen molar-refractivity contribution in [2.45, 2.75) is 38.2 Å². The summed E-state index contributed by atoms with van der Waals surface area (Å²) in [7, 11) is 0. The Morgan fingerprint density at radius 3 is 2.73 bits per heavy atom. The number of hydrogen-bond acceptors (Lipinski definition) is 1. The third kappa shape index (κ3) is 4.48. The predicted octanol–water partition coefficient (Wildman–Crippen LogP) is 4.55. The van der Waals surface area contributed by atoms with Crippen LogP contribution in [0, 0.1) is 13.8 Å². The maximum Gasteiger partial charge on any atom is 0.0233 e. The molecule has 0 aromatic heterocycles. The van der Waals surface area contributed by atoms with E-state index >= 15 is 0 Å². The second kappa shape index (κ2) is 6.44. The minimum atomic E-state index is 0.655. The summed E-state index contributed by atoms with van der Waals surface area (Å²) in [5.41, 5.74) is 4.20. The first-order valence-electron chi connectivity index (χ1n) is 5.37. The van der Waals surface area contributed by atoms with Gasteiger partial charge in [-0.25, -0.2) is 0 Å². The molecule has 0 saturated heterocycles. The molecule has 0 heterocycles. The molecule has 1 aromatic rings. The Morgan fingerprint density at radius 1 is 1.33 bits per heavy atom. The first kappa shape index (κ1) is 12.9. The Hall–Kier alpha value is -0.140. The van der Waals surface area contributed by atoms with Crippen LogP contribution in [-0.2, 0) is 5.75 Å². The Morgan fingerprint density at radius 2 is 2.07 bits per heavy atom. The van der Waals surface area contributed by atoms with Gasteiger partial charge in [0.15, 0.2) is 0 Å². The average Bonchev–Trinajstić information content (AvgIpc) is 2.20. The molecule has 0 nitrogen and oxygen atoms in total. The lowest BCUT2D eigenvalue weighted by molar-refractivity contribution is 0.911. The summed E-state index contributed by atoms with van der Waals surface area (Å²) >= 11 is 7.71. The van der Waals surface area contributed by atoms with Gasteiger partial charge in [0.25, 0.3) is 0 Å². The van der Waals surface area contributed by atoms with E-state index < -0.39 is 0 Å². The lowest BCUT2D eigenvalue weighted by Crippen LogP contribution is -1.98. The van der Waals surface area contributed by atoms with Crippen LogP contribution < -0.4 is 0 Å². The zero-order valence-corrected chi connectivity index (χ0v) is 11.3. The maximum atomic E-state index is 5.72. The van der Waals surface area contributed by atoms with E-state index in [9.17, 15) is 0 Å². The van der Waals surface area contributed by atoms with Crippen molar-refractivity contribution in [1.82, 2.24) is 0 Å². The summed E-state index contributed by atoms with van der Waals surface area (Å²) in [6, 6.07) is 6.67. The van der Waals surface area contributed by atoms with Gasteiger partial charge in [-0.15, -0.1) is 11.6 Å². The lowest BCUT2D eigenvalue weighted by atomic mass is 10.1. The van der Waals surface area contributed by atoms with E-state index in [4.69, 9.17) is 11.6 Å². The molecule has 1 rings (SSSR count). The van der Waals surface area contributed by atoms with E-state index in [0.717, 1.165) is 18.1 Å². The number of aryl methyl sites for hydroxylation is 2. The molecule has 0 fully saturated rings. The van der Waals surface area contributed by atoms with Crippen LogP contribution in [0.3, 0.4) is 0 Å². The Balaban J connectivity index is 2.53. The molecule has 0 aliphatic heterocycles. The van der Waals surface area contributed by atoms with E-state index in [0.29, 0.717) is 5.25 Å². The SMILES string of the molecule is Cc1ccc(C)c(CSC(C)CCCl)c1. The van der Waals surface area contributed by atoms with Gasteiger partial charge in [-0.2, -0.15) is 11.8 Å². The van der Waals surface area contributed by atoms with Crippen LogP contribution in [-0.4, -0.2) is 11.1 Å². The molecule has 0 amide bonds. The molecule has 0 saturated carbocycles. The zero-order chi connectivity index (χ0) is 11.3. The molecule has 15 heavy (non-hydrogen) atoms. The van der Waals surface area contributed by atoms with Crippen molar-refractivity contribution in [2.75, 3.05) is 5.88 Å². The van der Waals surface area contributed by atoms with Crippen molar-refractivity contribution in [3.05, 3.63) is 34.9 Å². The standard InChI is InChI=1S/C13H19ClS/c1-10-4-5-11(2)13(8-10)9-15-12(3)6-7-14/h4-5,8,12H,6-7,9H2,1-3H3. The smallest absolute Gasteiger partial charge is 0.0233 e. The van der Waals surface area contributed by atoms with Crippen molar-refractivity contribution in [2.24, 2.45) is 0 Å². The highest BCUT2D eigenvalue weighted by Crippen LogP contribution is 2.23. The molecular weight excluding hydrogens is 224 g/mol. The molecular formula is C13H19ClS. The highest BCUT2D eigenvalue weighted by Gasteiger charge is 2.04. The summed E-state index contributed by atoms with van der Waals surface area (Å²) in [5.74, 6) is 1.87. The fourth-order valence-electron chi connectivity index (χ4n) is 1.42. The number of hydrogen-bond donors (Lipinski definition) is 0. The fourth-order valence-corrected chi connectivity index (χ4v) is 2.94. The largest absolute Gasteiger partial charge is 0.154 e. The second-order valence-corrected chi connectivity index (χ2v) is 5.83. The number of alkyl halides is 1. The normalized spacial score (nSPS) is 12.8. The van der Waals surface area contributed by atoms with E-state index in [-0.39, 0.29) is 0 Å². The number of thioether (sulfide) groups is 1. The minimum absolute atomic E-state index is 0.655. The van der Waals surface area contributed by atoms with E-state index in [2.05, 4.69) is 39.0 Å². The van der Waals surface area contributed by atoms with E-state index in [1.165, 1.54) is 16.7 Å². The van der Waals surface area contributed by atoms with Crippen molar-refractivity contribution < 1.29 is 0 Å². The molecule has 0 aliphatic rings. The van der Waals surface area contributed by atoms with Crippen LogP contribution in [0.15, 0.2) is 18.2 Å². The van der Waals surface area contributed by atoms with Crippen LogP contribution >= 0.6 is 23.4 Å². The number of halogens is 1. The monoisotopic (exact) mass is 242 g/mol. The average molecular weight is 243 g/mol. The van der Waals surface area contributed by atoms with Crippen molar-refractivity contribution in [3.63, 3.8) is 0 Å².